The first-order chi connectivity index (χ1) is 9.83. The average molecular weight is 309 g/mol. The minimum atomic E-state index is -3.58. The van der Waals surface area contributed by atoms with E-state index in [9.17, 15) is 13.2 Å². The van der Waals surface area contributed by atoms with Gasteiger partial charge in [-0.2, -0.15) is 5.26 Å². The number of benzene rings is 1. The van der Waals surface area contributed by atoms with E-state index in [0.717, 1.165) is 10.6 Å². The van der Waals surface area contributed by atoms with Crippen LogP contribution >= 0.6 is 0 Å². The van der Waals surface area contributed by atoms with Crippen LogP contribution in [0, 0.1) is 11.3 Å². The first-order valence-corrected chi connectivity index (χ1v) is 8.44. The van der Waals surface area contributed by atoms with Gasteiger partial charge in [-0.3, -0.25) is 9.10 Å². The number of sulfonamides is 1. The number of anilines is 1. The summed E-state index contributed by atoms with van der Waals surface area (Å²) in [6.07, 6.45) is 1.06. The molecule has 0 aliphatic rings. The molecule has 0 aliphatic heterocycles. The molecule has 6 nitrogen and oxygen atoms in total. The predicted molar refractivity (Wildman–Crippen MR) is 81.3 cm³/mol. The van der Waals surface area contributed by atoms with Crippen molar-refractivity contribution < 1.29 is 13.2 Å². The van der Waals surface area contributed by atoms with E-state index in [1.165, 1.54) is 24.3 Å². The Bertz CT molecular complexity index is 628. The van der Waals surface area contributed by atoms with Gasteiger partial charge in [0.1, 0.15) is 6.54 Å². The summed E-state index contributed by atoms with van der Waals surface area (Å²) in [6, 6.07) is 8.06. The maximum Gasteiger partial charge on any atom is 0.243 e. The predicted octanol–water partition coefficient (Wildman–Crippen LogP) is 1.19. The number of carbonyl (C=O) groups is 1. The molecule has 7 heteroatoms. The zero-order valence-corrected chi connectivity index (χ0v) is 13.2. The Morgan fingerprint density at radius 1 is 1.19 bits per heavy atom. The van der Waals surface area contributed by atoms with Crippen molar-refractivity contribution in [3.63, 3.8) is 0 Å². The molecule has 0 aliphatic carbocycles. The number of carbonyl (C=O) groups excluding carboxylic acids is 1. The maximum atomic E-state index is 12.1. The van der Waals surface area contributed by atoms with Crippen LogP contribution in [0.5, 0.6) is 0 Å². The first-order valence-electron chi connectivity index (χ1n) is 6.59. The Morgan fingerprint density at radius 2 is 1.71 bits per heavy atom. The molecule has 1 aromatic carbocycles. The Balaban J connectivity index is 3.07. The van der Waals surface area contributed by atoms with Gasteiger partial charge in [0.25, 0.3) is 0 Å². The van der Waals surface area contributed by atoms with Gasteiger partial charge in [0.05, 0.1) is 23.6 Å². The second-order valence-electron chi connectivity index (χ2n) is 4.49. The molecule has 114 valence electrons. The van der Waals surface area contributed by atoms with Gasteiger partial charge >= 0.3 is 0 Å². The summed E-state index contributed by atoms with van der Waals surface area (Å²) < 4.78 is 24.9. The molecule has 0 N–H and O–H groups in total. The highest BCUT2D eigenvalue weighted by atomic mass is 32.2. The molecule has 0 fully saturated rings. The van der Waals surface area contributed by atoms with Gasteiger partial charge in [0.2, 0.25) is 15.9 Å². The average Bonchev–Trinajstić information content (AvgIpc) is 2.45. The van der Waals surface area contributed by atoms with E-state index >= 15 is 0 Å². The van der Waals surface area contributed by atoms with Gasteiger partial charge in [-0.05, 0) is 38.1 Å². The summed E-state index contributed by atoms with van der Waals surface area (Å²) in [4.78, 5) is 13.7. The van der Waals surface area contributed by atoms with Crippen molar-refractivity contribution in [3.8, 4) is 6.07 Å². The first kappa shape index (κ1) is 17.0. The van der Waals surface area contributed by atoms with Crippen LogP contribution < -0.4 is 4.31 Å². The molecule has 0 bridgehead atoms. The molecule has 21 heavy (non-hydrogen) atoms. The molecule has 0 saturated heterocycles. The van der Waals surface area contributed by atoms with Crippen molar-refractivity contribution in [2.75, 3.05) is 30.2 Å². The number of hydrogen-bond acceptors (Lipinski definition) is 4. The molecular weight excluding hydrogens is 290 g/mol. The quantitative estimate of drug-likeness (QED) is 0.790. The molecule has 0 heterocycles. The summed E-state index contributed by atoms with van der Waals surface area (Å²) in [5.41, 5.74) is 0.805. The number of nitriles is 1. The second-order valence-corrected chi connectivity index (χ2v) is 6.40. The fourth-order valence-electron chi connectivity index (χ4n) is 1.90. The topological polar surface area (TPSA) is 81.5 Å². The van der Waals surface area contributed by atoms with Crippen LogP contribution in [0.25, 0.3) is 0 Å². The van der Waals surface area contributed by atoms with Gasteiger partial charge in [-0.25, -0.2) is 8.42 Å². The number of rotatable bonds is 6. The van der Waals surface area contributed by atoms with Crippen molar-refractivity contribution in [1.29, 1.82) is 5.26 Å². The third-order valence-electron chi connectivity index (χ3n) is 3.08. The number of hydrogen-bond donors (Lipinski definition) is 0. The van der Waals surface area contributed by atoms with E-state index in [0.29, 0.717) is 24.3 Å². The highest BCUT2D eigenvalue weighted by molar-refractivity contribution is 7.92. The van der Waals surface area contributed by atoms with Crippen molar-refractivity contribution in [1.82, 2.24) is 4.90 Å². The van der Waals surface area contributed by atoms with Gasteiger partial charge in [-0.1, -0.05) is 0 Å². The molecule has 0 unspecified atom stereocenters. The molecule has 0 saturated carbocycles. The van der Waals surface area contributed by atoms with E-state index in [1.54, 1.807) is 4.90 Å². The van der Waals surface area contributed by atoms with Crippen molar-refractivity contribution in [2.24, 2.45) is 0 Å². The third-order valence-corrected chi connectivity index (χ3v) is 4.22. The molecule has 1 aromatic rings. The monoisotopic (exact) mass is 309 g/mol. The zero-order chi connectivity index (χ0) is 16.0. The van der Waals surface area contributed by atoms with Gasteiger partial charge in [0, 0.05) is 13.1 Å². The van der Waals surface area contributed by atoms with Crippen molar-refractivity contribution in [2.45, 2.75) is 13.8 Å². The molecule has 1 rings (SSSR count). The Hall–Kier alpha value is -2.07. The van der Waals surface area contributed by atoms with Gasteiger partial charge < -0.3 is 4.90 Å². The van der Waals surface area contributed by atoms with Crippen LogP contribution in [-0.4, -0.2) is 45.1 Å². The van der Waals surface area contributed by atoms with Gasteiger partial charge in [0.15, 0.2) is 0 Å². The lowest BCUT2D eigenvalue weighted by molar-refractivity contribution is -0.129. The van der Waals surface area contributed by atoms with E-state index in [4.69, 9.17) is 5.26 Å². The molecular formula is C14H19N3O3S. The molecule has 0 atom stereocenters. The van der Waals surface area contributed by atoms with E-state index in [1.807, 2.05) is 19.9 Å². The standard InChI is InChI=1S/C14H19N3O3S/c1-4-16(5-2)14(18)11-17(21(3,19)20)13-8-6-12(10-15)7-9-13/h6-9H,4-5,11H2,1-3H3. The van der Waals surface area contributed by atoms with Crippen molar-refractivity contribution >= 4 is 21.6 Å². The summed E-state index contributed by atoms with van der Waals surface area (Å²) in [7, 11) is -3.58. The van der Waals surface area contributed by atoms with Crippen LogP contribution in [0.3, 0.4) is 0 Å². The summed E-state index contributed by atoms with van der Waals surface area (Å²) in [6.45, 7) is 4.49. The molecule has 0 radical (unpaired) electrons. The number of nitrogens with zero attached hydrogens (tertiary/aromatic N) is 3. The summed E-state index contributed by atoms with van der Waals surface area (Å²) in [5, 5.41) is 8.77. The zero-order valence-electron chi connectivity index (χ0n) is 12.4. The van der Waals surface area contributed by atoms with E-state index < -0.39 is 10.0 Å². The lowest BCUT2D eigenvalue weighted by Crippen LogP contribution is -2.42. The lowest BCUT2D eigenvalue weighted by atomic mass is 10.2. The minimum Gasteiger partial charge on any atom is -0.342 e. The van der Waals surface area contributed by atoms with Crippen LogP contribution in [0.4, 0.5) is 5.69 Å². The second kappa shape index (κ2) is 7.09. The molecule has 0 aromatic heterocycles. The Kier molecular flexibility index (Phi) is 5.73. The normalized spacial score (nSPS) is 10.8. The number of likely N-dealkylation sites (N-methyl/N-ethyl adjacent to an activating group) is 1. The smallest absolute Gasteiger partial charge is 0.243 e. The molecule has 1 amide bonds. The van der Waals surface area contributed by atoms with E-state index in [-0.39, 0.29) is 12.5 Å². The Morgan fingerprint density at radius 3 is 2.10 bits per heavy atom. The highest BCUT2D eigenvalue weighted by Gasteiger charge is 2.22. The SMILES string of the molecule is CCN(CC)C(=O)CN(c1ccc(C#N)cc1)S(C)(=O)=O. The van der Waals surface area contributed by atoms with Crippen molar-refractivity contribution in [3.05, 3.63) is 29.8 Å². The fraction of sp³-hybridized carbons (Fsp3) is 0.429. The number of amides is 1. The molecule has 0 spiro atoms. The van der Waals surface area contributed by atoms with Crippen LogP contribution in [0.15, 0.2) is 24.3 Å². The lowest BCUT2D eigenvalue weighted by Gasteiger charge is -2.26. The summed E-state index contributed by atoms with van der Waals surface area (Å²) >= 11 is 0. The summed E-state index contributed by atoms with van der Waals surface area (Å²) in [5.74, 6) is -0.255. The highest BCUT2D eigenvalue weighted by Crippen LogP contribution is 2.18. The maximum absolute atomic E-state index is 12.1. The third kappa shape index (κ3) is 4.46. The van der Waals surface area contributed by atoms with Crippen LogP contribution in [-0.2, 0) is 14.8 Å². The minimum absolute atomic E-state index is 0.244. The van der Waals surface area contributed by atoms with Crippen LogP contribution in [0.2, 0.25) is 0 Å². The largest absolute Gasteiger partial charge is 0.342 e. The fourth-order valence-corrected chi connectivity index (χ4v) is 2.75. The Labute approximate surface area is 125 Å². The van der Waals surface area contributed by atoms with Gasteiger partial charge in [-0.15, -0.1) is 0 Å². The van der Waals surface area contributed by atoms with Crippen LogP contribution in [0.1, 0.15) is 19.4 Å². The van der Waals surface area contributed by atoms with E-state index in [2.05, 4.69) is 0 Å².